The first kappa shape index (κ1) is 6.98. The molecule has 0 aliphatic heterocycles. The summed E-state index contributed by atoms with van der Waals surface area (Å²) < 4.78 is 0.616. The molecule has 0 fully saturated rings. The Morgan fingerprint density at radius 2 is 2.18 bits per heavy atom. The van der Waals surface area contributed by atoms with Crippen molar-refractivity contribution in [2.45, 2.75) is 25.7 Å². The van der Waals surface area contributed by atoms with Crippen LogP contribution in [0, 0.1) is 4.77 Å². The summed E-state index contributed by atoms with van der Waals surface area (Å²) in [6.45, 7) is 0. The maximum Gasteiger partial charge on any atom is 0.196 e. The van der Waals surface area contributed by atoms with Gasteiger partial charge in [-0.3, -0.25) is 0 Å². The van der Waals surface area contributed by atoms with Crippen molar-refractivity contribution < 1.29 is 0 Å². The van der Waals surface area contributed by atoms with Crippen molar-refractivity contribution in [1.82, 2.24) is 9.97 Å². The van der Waals surface area contributed by atoms with Gasteiger partial charge in [0.05, 0.1) is 0 Å². The Hall–Kier alpha value is -0.700. The van der Waals surface area contributed by atoms with E-state index in [1.54, 1.807) is 0 Å². The van der Waals surface area contributed by atoms with Gasteiger partial charge in [-0.25, -0.2) is 4.98 Å². The summed E-state index contributed by atoms with van der Waals surface area (Å²) >= 11 is 4.93. The molecule has 0 aromatic carbocycles. The monoisotopic (exact) mass is 166 g/mol. The van der Waals surface area contributed by atoms with Gasteiger partial charge in [0.25, 0.3) is 0 Å². The highest BCUT2D eigenvalue weighted by Crippen LogP contribution is 2.17. The quantitative estimate of drug-likeness (QED) is 0.597. The number of nitrogens with zero attached hydrogens (tertiary/aromatic N) is 1. The molecule has 2 nitrogen and oxygen atoms in total. The van der Waals surface area contributed by atoms with E-state index in [4.69, 9.17) is 12.2 Å². The fraction of sp³-hybridized carbons (Fsp3) is 0.500. The van der Waals surface area contributed by atoms with Gasteiger partial charge in [-0.15, -0.1) is 0 Å². The molecule has 0 atom stereocenters. The average molecular weight is 166 g/mol. The third kappa shape index (κ3) is 1.33. The molecular weight excluding hydrogens is 156 g/mol. The van der Waals surface area contributed by atoms with Gasteiger partial charge in [-0.05, 0) is 43.5 Å². The first-order chi connectivity index (χ1) is 5.36. The zero-order valence-electron chi connectivity index (χ0n) is 6.26. The summed E-state index contributed by atoms with van der Waals surface area (Å²) in [4.78, 5) is 7.18. The second-order valence-corrected chi connectivity index (χ2v) is 3.29. The molecule has 58 valence electrons. The lowest BCUT2D eigenvalue weighted by Gasteiger charge is -2.13. The molecule has 11 heavy (non-hydrogen) atoms. The fourth-order valence-corrected chi connectivity index (χ4v) is 1.69. The van der Waals surface area contributed by atoms with Crippen LogP contribution < -0.4 is 0 Å². The third-order valence-electron chi connectivity index (χ3n) is 2.11. The van der Waals surface area contributed by atoms with E-state index in [2.05, 4.69) is 9.97 Å². The second kappa shape index (κ2) is 2.74. The van der Waals surface area contributed by atoms with Crippen molar-refractivity contribution in [2.24, 2.45) is 0 Å². The molecule has 0 saturated heterocycles. The average Bonchev–Trinajstić information content (AvgIpc) is 2.04. The number of aromatic amines is 1. The van der Waals surface area contributed by atoms with Crippen molar-refractivity contribution in [3.8, 4) is 0 Å². The Labute approximate surface area is 70.7 Å². The second-order valence-electron chi connectivity index (χ2n) is 2.90. The van der Waals surface area contributed by atoms with Crippen molar-refractivity contribution >= 4 is 12.2 Å². The highest BCUT2D eigenvalue weighted by molar-refractivity contribution is 7.71. The number of H-pyrrole nitrogens is 1. The van der Waals surface area contributed by atoms with E-state index in [0.717, 1.165) is 12.8 Å². The molecule has 1 N–H and O–H groups in total. The minimum Gasteiger partial charge on any atom is -0.334 e. The Balaban J connectivity index is 2.51. The van der Waals surface area contributed by atoms with Gasteiger partial charge in [0.2, 0.25) is 0 Å². The van der Waals surface area contributed by atoms with Crippen molar-refractivity contribution in [3.63, 3.8) is 0 Å². The summed E-state index contributed by atoms with van der Waals surface area (Å²) in [7, 11) is 0. The van der Waals surface area contributed by atoms with Crippen LogP contribution in [-0.2, 0) is 12.8 Å². The minimum atomic E-state index is 0.616. The first-order valence-electron chi connectivity index (χ1n) is 3.93. The van der Waals surface area contributed by atoms with Crippen LogP contribution in [-0.4, -0.2) is 9.97 Å². The van der Waals surface area contributed by atoms with E-state index in [9.17, 15) is 0 Å². The molecule has 1 aliphatic rings. The van der Waals surface area contributed by atoms with Crippen LogP contribution in [0.25, 0.3) is 0 Å². The summed E-state index contributed by atoms with van der Waals surface area (Å²) in [6, 6.07) is 0. The van der Waals surface area contributed by atoms with Crippen LogP contribution in [0.4, 0.5) is 0 Å². The van der Waals surface area contributed by atoms with Crippen molar-refractivity contribution in [1.29, 1.82) is 0 Å². The van der Waals surface area contributed by atoms with E-state index in [0.29, 0.717) is 4.77 Å². The summed E-state index contributed by atoms with van der Waals surface area (Å²) in [6.07, 6.45) is 6.78. The van der Waals surface area contributed by atoms with Gasteiger partial charge >= 0.3 is 0 Å². The summed E-state index contributed by atoms with van der Waals surface area (Å²) in [5.41, 5.74) is 2.65. The van der Waals surface area contributed by atoms with E-state index < -0.39 is 0 Å². The summed E-state index contributed by atoms with van der Waals surface area (Å²) in [5.74, 6) is 0. The van der Waals surface area contributed by atoms with E-state index >= 15 is 0 Å². The van der Waals surface area contributed by atoms with Crippen molar-refractivity contribution in [3.05, 3.63) is 22.2 Å². The molecule has 0 amide bonds. The highest BCUT2D eigenvalue weighted by atomic mass is 32.1. The van der Waals surface area contributed by atoms with Crippen LogP contribution in [0.3, 0.4) is 0 Å². The summed E-state index contributed by atoms with van der Waals surface area (Å²) in [5, 5.41) is 0. The van der Waals surface area contributed by atoms with Crippen LogP contribution in [0.15, 0.2) is 6.20 Å². The molecule has 0 spiro atoms. The minimum absolute atomic E-state index is 0.616. The first-order valence-corrected chi connectivity index (χ1v) is 4.34. The largest absolute Gasteiger partial charge is 0.334 e. The predicted molar refractivity (Wildman–Crippen MR) is 46.1 cm³/mol. The molecule has 2 rings (SSSR count). The Morgan fingerprint density at radius 1 is 1.36 bits per heavy atom. The number of hydrogen-bond donors (Lipinski definition) is 1. The molecule has 1 aromatic heterocycles. The lowest BCUT2D eigenvalue weighted by molar-refractivity contribution is 0.660. The van der Waals surface area contributed by atoms with E-state index in [-0.39, 0.29) is 0 Å². The molecule has 1 aromatic rings. The smallest absolute Gasteiger partial charge is 0.196 e. The molecule has 0 radical (unpaired) electrons. The Kier molecular flexibility index (Phi) is 1.74. The molecule has 0 unspecified atom stereocenters. The third-order valence-corrected chi connectivity index (χ3v) is 2.31. The van der Waals surface area contributed by atoms with Gasteiger partial charge < -0.3 is 4.98 Å². The number of nitrogens with one attached hydrogen (secondary N) is 1. The molecule has 0 bridgehead atoms. The fourth-order valence-electron chi connectivity index (χ4n) is 1.51. The van der Waals surface area contributed by atoms with Gasteiger partial charge in [-0.1, -0.05) is 0 Å². The Bertz CT molecular complexity index is 316. The van der Waals surface area contributed by atoms with E-state index in [1.165, 1.54) is 24.1 Å². The lowest BCUT2D eigenvalue weighted by Crippen LogP contribution is -2.05. The number of hydrogen-bond acceptors (Lipinski definition) is 2. The van der Waals surface area contributed by atoms with E-state index in [1.807, 2.05) is 6.20 Å². The number of aromatic nitrogens is 2. The maximum absolute atomic E-state index is 4.93. The molecule has 1 heterocycles. The van der Waals surface area contributed by atoms with Crippen LogP contribution >= 0.6 is 12.2 Å². The molecular formula is C8H10N2S. The topological polar surface area (TPSA) is 28.7 Å². The van der Waals surface area contributed by atoms with Gasteiger partial charge in [0.1, 0.15) is 0 Å². The van der Waals surface area contributed by atoms with Crippen molar-refractivity contribution in [2.75, 3.05) is 0 Å². The van der Waals surface area contributed by atoms with Crippen LogP contribution in [0.5, 0.6) is 0 Å². The normalized spacial score (nSPS) is 16.0. The zero-order chi connectivity index (χ0) is 7.68. The molecule has 0 saturated carbocycles. The zero-order valence-corrected chi connectivity index (χ0v) is 7.08. The van der Waals surface area contributed by atoms with Crippen LogP contribution in [0.2, 0.25) is 0 Å². The number of aryl methyl sites for hydroxylation is 2. The SMILES string of the molecule is S=c1ncc2c([nH]1)CCCC2. The van der Waals surface area contributed by atoms with Gasteiger partial charge in [-0.2, -0.15) is 0 Å². The van der Waals surface area contributed by atoms with Gasteiger partial charge in [0, 0.05) is 11.9 Å². The number of fused-ring (bicyclic) bond motifs is 1. The number of rotatable bonds is 0. The van der Waals surface area contributed by atoms with Crippen LogP contribution in [0.1, 0.15) is 24.1 Å². The maximum atomic E-state index is 4.93. The molecule has 3 heteroatoms. The van der Waals surface area contributed by atoms with Gasteiger partial charge in [0.15, 0.2) is 4.77 Å². The highest BCUT2D eigenvalue weighted by Gasteiger charge is 2.08. The lowest BCUT2D eigenvalue weighted by atomic mass is 9.98. The Morgan fingerprint density at radius 3 is 3.09 bits per heavy atom. The predicted octanol–water partition coefficient (Wildman–Crippen LogP) is 2.02. The molecule has 1 aliphatic carbocycles. The standard InChI is InChI=1S/C8H10N2S/c11-8-9-5-6-3-1-2-4-7(6)10-8/h5H,1-4H2,(H,9,10,11).